The van der Waals surface area contributed by atoms with Crippen molar-refractivity contribution in [3.8, 4) is 0 Å². The smallest absolute Gasteiger partial charge is 0.254 e. The summed E-state index contributed by atoms with van der Waals surface area (Å²) < 4.78 is 27.0. The van der Waals surface area contributed by atoms with Crippen molar-refractivity contribution in [2.75, 3.05) is 19.0 Å². The van der Waals surface area contributed by atoms with Gasteiger partial charge in [-0.3, -0.25) is 9.59 Å². The first-order chi connectivity index (χ1) is 14.2. The molecule has 4 nitrogen and oxygen atoms in total. The molecule has 1 N–H and O–H groups in total. The first-order valence-corrected chi connectivity index (χ1v) is 10.2. The number of carbonyl (C=O) groups is 2. The molecule has 1 unspecified atom stereocenters. The van der Waals surface area contributed by atoms with Gasteiger partial charge in [-0.2, -0.15) is 0 Å². The van der Waals surface area contributed by atoms with E-state index in [1.54, 1.807) is 0 Å². The standard InChI is InChI=1S/C23H21ClF2N2O2/c1-23(2)12-28(22(30)13-7-8-16(25)17(26)9-13)11-15(19(29)10-24)21-20(23)14-5-3-4-6-18(14)27-21/h3-9,15,27H,10-12H2,1-2H3. The summed E-state index contributed by atoms with van der Waals surface area (Å²) in [5.74, 6) is -3.58. The third-order valence-corrected chi connectivity index (χ3v) is 5.99. The maximum Gasteiger partial charge on any atom is 0.254 e. The Morgan fingerprint density at radius 3 is 2.60 bits per heavy atom. The summed E-state index contributed by atoms with van der Waals surface area (Å²) in [5, 5.41) is 0.993. The number of carbonyl (C=O) groups excluding carboxylic acids is 2. The van der Waals surface area contributed by atoms with Gasteiger partial charge >= 0.3 is 0 Å². The number of ketones is 1. The molecule has 0 fully saturated rings. The van der Waals surface area contributed by atoms with Gasteiger partial charge in [0, 0.05) is 40.7 Å². The molecule has 0 bridgehead atoms. The second-order valence-corrected chi connectivity index (χ2v) is 8.58. The Labute approximate surface area is 177 Å². The Morgan fingerprint density at radius 2 is 1.90 bits per heavy atom. The zero-order chi connectivity index (χ0) is 21.6. The van der Waals surface area contributed by atoms with Gasteiger partial charge in [-0.1, -0.05) is 32.0 Å². The van der Waals surface area contributed by atoms with Crippen molar-refractivity contribution in [3.05, 3.63) is 70.9 Å². The topological polar surface area (TPSA) is 53.2 Å². The minimum Gasteiger partial charge on any atom is -0.357 e. The monoisotopic (exact) mass is 430 g/mol. The van der Waals surface area contributed by atoms with Gasteiger partial charge in [-0.05, 0) is 29.8 Å². The summed E-state index contributed by atoms with van der Waals surface area (Å²) in [4.78, 5) is 30.9. The summed E-state index contributed by atoms with van der Waals surface area (Å²) in [6.07, 6.45) is 0. The Hall–Kier alpha value is -2.73. The summed E-state index contributed by atoms with van der Waals surface area (Å²) >= 11 is 5.90. The van der Waals surface area contributed by atoms with Crippen LogP contribution < -0.4 is 0 Å². The third kappa shape index (κ3) is 3.39. The van der Waals surface area contributed by atoms with Crippen molar-refractivity contribution in [1.29, 1.82) is 0 Å². The number of fused-ring (bicyclic) bond motifs is 3. The lowest BCUT2D eigenvalue weighted by Crippen LogP contribution is -2.41. The van der Waals surface area contributed by atoms with Crippen LogP contribution in [0.1, 0.15) is 41.4 Å². The molecule has 156 valence electrons. The highest BCUT2D eigenvalue weighted by molar-refractivity contribution is 6.28. The van der Waals surface area contributed by atoms with Gasteiger partial charge in [-0.15, -0.1) is 11.6 Å². The molecule has 0 saturated heterocycles. The average molecular weight is 431 g/mol. The highest BCUT2D eigenvalue weighted by Crippen LogP contribution is 2.41. The zero-order valence-corrected chi connectivity index (χ0v) is 17.4. The van der Waals surface area contributed by atoms with Crippen molar-refractivity contribution in [2.45, 2.75) is 25.2 Å². The molecule has 1 aliphatic heterocycles. The van der Waals surface area contributed by atoms with Crippen LogP contribution >= 0.6 is 11.6 Å². The number of alkyl halides is 1. The van der Waals surface area contributed by atoms with Gasteiger partial charge < -0.3 is 9.88 Å². The summed E-state index contributed by atoms with van der Waals surface area (Å²) in [6.45, 7) is 4.43. The molecule has 3 aromatic rings. The number of aromatic nitrogens is 1. The normalized spacial score (nSPS) is 18.2. The fourth-order valence-electron chi connectivity index (χ4n) is 4.41. The summed E-state index contributed by atoms with van der Waals surface area (Å²) in [6, 6.07) is 10.9. The minimum absolute atomic E-state index is 0.0391. The summed E-state index contributed by atoms with van der Waals surface area (Å²) in [7, 11) is 0. The minimum atomic E-state index is -1.08. The number of halogens is 3. The number of rotatable bonds is 3. The Balaban J connectivity index is 1.83. The highest BCUT2D eigenvalue weighted by atomic mass is 35.5. The summed E-state index contributed by atoms with van der Waals surface area (Å²) in [5.41, 5.74) is 2.19. The quantitative estimate of drug-likeness (QED) is 0.608. The van der Waals surface area contributed by atoms with Gasteiger partial charge in [0.25, 0.3) is 5.91 Å². The van der Waals surface area contributed by atoms with Gasteiger partial charge in [-0.25, -0.2) is 8.78 Å². The highest BCUT2D eigenvalue weighted by Gasteiger charge is 2.40. The zero-order valence-electron chi connectivity index (χ0n) is 16.6. The van der Waals surface area contributed by atoms with Crippen LogP contribution in [0.25, 0.3) is 10.9 Å². The van der Waals surface area contributed by atoms with E-state index in [1.165, 1.54) is 11.0 Å². The van der Waals surface area contributed by atoms with Crippen LogP contribution in [-0.4, -0.2) is 40.5 Å². The van der Waals surface area contributed by atoms with Crippen LogP contribution in [0.2, 0.25) is 0 Å². The van der Waals surface area contributed by atoms with E-state index in [1.807, 2.05) is 38.1 Å². The first kappa shape index (κ1) is 20.5. The maximum absolute atomic E-state index is 13.7. The van der Waals surface area contributed by atoms with Crippen LogP contribution in [0, 0.1) is 11.6 Å². The van der Waals surface area contributed by atoms with Gasteiger partial charge in [0.1, 0.15) is 0 Å². The van der Waals surface area contributed by atoms with Gasteiger partial charge in [0.05, 0.1) is 11.8 Å². The largest absolute Gasteiger partial charge is 0.357 e. The van der Waals surface area contributed by atoms with E-state index < -0.39 is 28.9 Å². The Kier molecular flexibility index (Phi) is 5.14. The fraction of sp³-hybridized carbons (Fsp3) is 0.304. The van der Waals surface area contributed by atoms with E-state index in [0.717, 1.165) is 34.3 Å². The molecule has 7 heteroatoms. The van der Waals surface area contributed by atoms with Gasteiger partial charge in [0.2, 0.25) is 0 Å². The van der Waals surface area contributed by atoms with Crippen molar-refractivity contribution >= 4 is 34.2 Å². The molecule has 1 atom stereocenters. The number of nitrogens with one attached hydrogen (secondary N) is 1. The second-order valence-electron chi connectivity index (χ2n) is 8.31. The van der Waals surface area contributed by atoms with E-state index in [4.69, 9.17) is 11.6 Å². The Bertz CT molecular complexity index is 1160. The average Bonchev–Trinajstić information content (AvgIpc) is 3.07. The molecule has 0 saturated carbocycles. The number of hydrogen-bond donors (Lipinski definition) is 1. The molecular formula is C23H21ClF2N2O2. The second kappa shape index (κ2) is 7.51. The van der Waals surface area contributed by atoms with E-state index in [2.05, 4.69) is 4.98 Å². The van der Waals surface area contributed by atoms with E-state index in [-0.39, 0.29) is 23.8 Å². The molecule has 1 aromatic heterocycles. The number of aromatic amines is 1. The number of hydrogen-bond acceptors (Lipinski definition) is 2. The van der Waals surface area contributed by atoms with E-state index in [0.29, 0.717) is 6.54 Å². The molecular weight excluding hydrogens is 410 g/mol. The molecule has 1 amide bonds. The number of H-pyrrole nitrogens is 1. The van der Waals surface area contributed by atoms with Crippen LogP contribution in [0.4, 0.5) is 8.78 Å². The maximum atomic E-state index is 13.7. The number of nitrogens with zero attached hydrogens (tertiary/aromatic N) is 1. The van der Waals surface area contributed by atoms with Crippen LogP contribution in [0.5, 0.6) is 0 Å². The number of amides is 1. The van der Waals surface area contributed by atoms with E-state index >= 15 is 0 Å². The predicted molar refractivity (Wildman–Crippen MR) is 112 cm³/mol. The first-order valence-electron chi connectivity index (χ1n) is 9.67. The molecule has 2 aromatic carbocycles. The lowest BCUT2D eigenvalue weighted by atomic mass is 9.81. The van der Waals surface area contributed by atoms with Crippen LogP contribution in [0.3, 0.4) is 0 Å². The van der Waals surface area contributed by atoms with Gasteiger partial charge in [0.15, 0.2) is 17.4 Å². The number of benzene rings is 2. The SMILES string of the molecule is CC1(C)CN(C(=O)c2ccc(F)c(F)c2)CC(C(=O)CCl)c2[nH]c3ccccc3c21. The van der Waals surface area contributed by atoms with E-state index in [9.17, 15) is 18.4 Å². The molecule has 0 spiro atoms. The van der Waals surface area contributed by atoms with Crippen molar-refractivity contribution in [3.63, 3.8) is 0 Å². The van der Waals surface area contributed by atoms with Crippen molar-refractivity contribution in [1.82, 2.24) is 9.88 Å². The lowest BCUT2D eigenvalue weighted by Gasteiger charge is -2.31. The fourth-order valence-corrected chi connectivity index (χ4v) is 4.59. The number of para-hydroxylation sites is 1. The van der Waals surface area contributed by atoms with Crippen LogP contribution in [0.15, 0.2) is 42.5 Å². The molecule has 4 rings (SSSR count). The molecule has 1 aliphatic rings. The molecule has 30 heavy (non-hydrogen) atoms. The molecule has 0 aliphatic carbocycles. The van der Waals surface area contributed by atoms with Crippen LogP contribution in [-0.2, 0) is 10.2 Å². The van der Waals surface area contributed by atoms with Crippen molar-refractivity contribution in [2.24, 2.45) is 0 Å². The number of Topliss-reactive ketones (excluding diaryl/α,β-unsaturated/α-hetero) is 1. The molecule has 0 radical (unpaired) electrons. The molecule has 2 heterocycles. The van der Waals surface area contributed by atoms with Crippen molar-refractivity contribution < 1.29 is 18.4 Å². The lowest BCUT2D eigenvalue weighted by molar-refractivity contribution is -0.118. The third-order valence-electron chi connectivity index (χ3n) is 5.72. The predicted octanol–water partition coefficient (Wildman–Crippen LogP) is 4.77. The Morgan fingerprint density at radius 1 is 1.17 bits per heavy atom.